The first-order valence-electron chi connectivity index (χ1n) is 5.64. The Morgan fingerprint density at radius 1 is 1.31 bits per heavy atom. The van der Waals surface area contributed by atoms with Crippen molar-refractivity contribution in [1.29, 1.82) is 0 Å². The summed E-state index contributed by atoms with van der Waals surface area (Å²) in [4.78, 5) is 0. The minimum absolute atomic E-state index is 0.791. The molecule has 0 heterocycles. The molecule has 0 aromatic heterocycles. The molecule has 1 N–H and O–H groups in total. The molecule has 0 saturated heterocycles. The van der Waals surface area contributed by atoms with E-state index < -0.39 is 0 Å². The summed E-state index contributed by atoms with van der Waals surface area (Å²) in [6, 6.07) is 0.791. The van der Waals surface area contributed by atoms with Crippen LogP contribution in [0.3, 0.4) is 0 Å². The minimum Gasteiger partial charge on any atom is -0.314 e. The molecule has 0 amide bonds. The van der Waals surface area contributed by atoms with Gasteiger partial charge in [0.1, 0.15) is 0 Å². The minimum atomic E-state index is 0.791. The van der Waals surface area contributed by atoms with Crippen molar-refractivity contribution in [2.75, 3.05) is 12.3 Å². The first kappa shape index (κ1) is 11.4. The van der Waals surface area contributed by atoms with Gasteiger partial charge < -0.3 is 5.32 Å². The molecule has 0 radical (unpaired) electrons. The first-order valence-corrected chi connectivity index (χ1v) is 6.69. The van der Waals surface area contributed by atoms with Crippen molar-refractivity contribution in [3.63, 3.8) is 0 Å². The third-order valence-corrected chi connectivity index (χ3v) is 4.72. The van der Waals surface area contributed by atoms with Gasteiger partial charge in [-0.25, -0.2) is 0 Å². The highest BCUT2D eigenvalue weighted by atomic mass is 32.2. The smallest absolute Gasteiger partial charge is 0.0103 e. The quantitative estimate of drug-likeness (QED) is 0.734. The highest BCUT2D eigenvalue weighted by Crippen LogP contribution is 2.35. The Bertz CT molecular complexity index is 138. The Morgan fingerprint density at radius 3 is 2.69 bits per heavy atom. The predicted molar refractivity (Wildman–Crippen MR) is 62.4 cm³/mol. The highest BCUT2D eigenvalue weighted by Gasteiger charge is 2.31. The van der Waals surface area contributed by atoms with Crippen molar-refractivity contribution in [2.24, 2.45) is 5.92 Å². The lowest BCUT2D eigenvalue weighted by Gasteiger charge is -2.20. The zero-order valence-corrected chi connectivity index (χ0v) is 9.99. The van der Waals surface area contributed by atoms with Gasteiger partial charge in [-0.15, -0.1) is 0 Å². The maximum absolute atomic E-state index is 3.59. The van der Waals surface area contributed by atoms with Crippen LogP contribution >= 0.6 is 11.8 Å². The third kappa shape index (κ3) is 3.17. The second kappa shape index (κ2) is 5.92. The second-order valence-electron chi connectivity index (χ2n) is 4.01. The van der Waals surface area contributed by atoms with Crippen LogP contribution in [0.1, 0.15) is 40.0 Å². The molecule has 1 saturated carbocycles. The van der Waals surface area contributed by atoms with Gasteiger partial charge >= 0.3 is 0 Å². The number of nitrogens with one attached hydrogen (secondary N) is 1. The Morgan fingerprint density at radius 2 is 2.08 bits per heavy atom. The Balaban J connectivity index is 2.27. The fourth-order valence-electron chi connectivity index (χ4n) is 2.18. The summed E-state index contributed by atoms with van der Waals surface area (Å²) >= 11 is 2.18. The molecular weight excluding hydrogens is 178 g/mol. The summed E-state index contributed by atoms with van der Waals surface area (Å²) in [5.74, 6) is 2.21. The van der Waals surface area contributed by atoms with Crippen LogP contribution in [0.15, 0.2) is 0 Å². The van der Waals surface area contributed by atoms with Crippen molar-refractivity contribution < 1.29 is 0 Å². The highest BCUT2D eigenvalue weighted by molar-refractivity contribution is 7.99. The van der Waals surface area contributed by atoms with E-state index in [1.165, 1.54) is 25.0 Å². The van der Waals surface area contributed by atoms with Gasteiger partial charge in [0.15, 0.2) is 0 Å². The van der Waals surface area contributed by atoms with Crippen LogP contribution < -0.4 is 5.32 Å². The van der Waals surface area contributed by atoms with Gasteiger partial charge in [-0.2, -0.15) is 11.8 Å². The van der Waals surface area contributed by atoms with E-state index in [1.807, 2.05) is 0 Å². The van der Waals surface area contributed by atoms with Gasteiger partial charge in [-0.05, 0) is 37.5 Å². The molecule has 0 bridgehead atoms. The summed E-state index contributed by atoms with van der Waals surface area (Å²) in [5.41, 5.74) is 0. The summed E-state index contributed by atoms with van der Waals surface area (Å²) in [6.07, 6.45) is 4.12. The summed E-state index contributed by atoms with van der Waals surface area (Å²) in [7, 11) is 0. The largest absolute Gasteiger partial charge is 0.314 e. The van der Waals surface area contributed by atoms with Crippen molar-refractivity contribution in [1.82, 2.24) is 5.32 Å². The molecule has 1 aliphatic carbocycles. The summed E-state index contributed by atoms with van der Waals surface area (Å²) in [5, 5.41) is 4.51. The molecule has 3 atom stereocenters. The molecule has 1 aliphatic rings. The lowest BCUT2D eigenvalue weighted by atomic mass is 10.1. The van der Waals surface area contributed by atoms with E-state index in [1.54, 1.807) is 0 Å². The van der Waals surface area contributed by atoms with Crippen molar-refractivity contribution in [3.05, 3.63) is 0 Å². The molecule has 3 unspecified atom stereocenters. The summed E-state index contributed by atoms with van der Waals surface area (Å²) in [6.45, 7) is 8.02. The zero-order chi connectivity index (χ0) is 9.68. The molecule has 0 spiro atoms. The van der Waals surface area contributed by atoms with Gasteiger partial charge in [0.2, 0.25) is 0 Å². The Kier molecular flexibility index (Phi) is 5.18. The second-order valence-corrected chi connectivity index (χ2v) is 5.36. The molecule has 78 valence electrons. The topological polar surface area (TPSA) is 12.0 Å². The SMILES string of the molecule is CCCSC1CCC(NCC)C1C. The van der Waals surface area contributed by atoms with Crippen LogP contribution in [0.2, 0.25) is 0 Å². The maximum Gasteiger partial charge on any atom is 0.0103 e. The van der Waals surface area contributed by atoms with Crippen molar-refractivity contribution in [3.8, 4) is 0 Å². The summed E-state index contributed by atoms with van der Waals surface area (Å²) < 4.78 is 0. The van der Waals surface area contributed by atoms with Crippen LogP contribution in [-0.4, -0.2) is 23.6 Å². The molecule has 1 rings (SSSR count). The van der Waals surface area contributed by atoms with Gasteiger partial charge in [0, 0.05) is 11.3 Å². The maximum atomic E-state index is 3.59. The monoisotopic (exact) mass is 201 g/mol. The number of hydrogen-bond acceptors (Lipinski definition) is 2. The molecule has 1 fully saturated rings. The molecule has 1 nitrogen and oxygen atoms in total. The van der Waals surface area contributed by atoms with E-state index in [-0.39, 0.29) is 0 Å². The number of thioether (sulfide) groups is 1. The van der Waals surface area contributed by atoms with Crippen LogP contribution in [0.5, 0.6) is 0 Å². The van der Waals surface area contributed by atoms with Crippen LogP contribution in [0.25, 0.3) is 0 Å². The van der Waals surface area contributed by atoms with Crippen molar-refractivity contribution >= 4 is 11.8 Å². The predicted octanol–water partition coefficient (Wildman–Crippen LogP) is 2.91. The van der Waals surface area contributed by atoms with E-state index in [2.05, 4.69) is 37.8 Å². The van der Waals surface area contributed by atoms with E-state index in [9.17, 15) is 0 Å². The standard InChI is InChI=1S/C11H23NS/c1-4-8-13-11-7-6-10(9(11)3)12-5-2/h9-12H,4-8H2,1-3H3. The van der Waals surface area contributed by atoms with Gasteiger partial charge in [-0.1, -0.05) is 20.8 Å². The Hall–Kier alpha value is 0.310. The lowest BCUT2D eigenvalue weighted by Crippen LogP contribution is -2.33. The number of rotatable bonds is 5. The molecular formula is C11H23NS. The molecule has 0 aliphatic heterocycles. The Labute approximate surface area is 87.1 Å². The van der Waals surface area contributed by atoms with Crippen molar-refractivity contribution in [2.45, 2.75) is 51.3 Å². The average molecular weight is 201 g/mol. The molecule has 0 aromatic carbocycles. The van der Waals surface area contributed by atoms with Crippen LogP contribution in [0.4, 0.5) is 0 Å². The number of hydrogen-bond donors (Lipinski definition) is 1. The van der Waals surface area contributed by atoms with E-state index in [4.69, 9.17) is 0 Å². The molecule has 2 heteroatoms. The normalized spacial score (nSPS) is 33.9. The zero-order valence-electron chi connectivity index (χ0n) is 9.18. The third-order valence-electron chi connectivity index (χ3n) is 2.99. The molecule has 0 aromatic rings. The van der Waals surface area contributed by atoms with Crippen LogP contribution in [0, 0.1) is 5.92 Å². The van der Waals surface area contributed by atoms with E-state index in [0.717, 1.165) is 23.8 Å². The van der Waals surface area contributed by atoms with Gasteiger partial charge in [-0.3, -0.25) is 0 Å². The van der Waals surface area contributed by atoms with E-state index in [0.29, 0.717) is 0 Å². The first-order chi connectivity index (χ1) is 6.29. The van der Waals surface area contributed by atoms with Crippen LogP contribution in [-0.2, 0) is 0 Å². The lowest BCUT2D eigenvalue weighted by molar-refractivity contribution is 0.441. The fourth-order valence-corrected chi connectivity index (χ4v) is 3.52. The van der Waals surface area contributed by atoms with Gasteiger partial charge in [0.25, 0.3) is 0 Å². The molecule has 13 heavy (non-hydrogen) atoms. The van der Waals surface area contributed by atoms with E-state index >= 15 is 0 Å². The average Bonchev–Trinajstić information content (AvgIpc) is 2.46. The fraction of sp³-hybridized carbons (Fsp3) is 1.00. The van der Waals surface area contributed by atoms with Gasteiger partial charge in [0.05, 0.1) is 0 Å².